The molecule has 1 rings (SSSR count). The van der Waals surface area contributed by atoms with E-state index < -0.39 is 8.69 Å². The van der Waals surface area contributed by atoms with Gasteiger partial charge in [-0.25, -0.2) is 0 Å². The average molecular weight is 281 g/mol. The Balaban J connectivity index is 2.04. The van der Waals surface area contributed by atoms with Crippen molar-refractivity contribution < 1.29 is 9.09 Å². The van der Waals surface area contributed by atoms with Crippen molar-refractivity contribution in [2.75, 3.05) is 0 Å². The Kier molecular flexibility index (Phi) is 9.36. The van der Waals surface area contributed by atoms with Gasteiger partial charge in [0.05, 0.1) is 0 Å². The molecule has 1 unspecified atom stereocenters. The number of hydrogen-bond acceptors (Lipinski definition) is 2. The summed E-state index contributed by atoms with van der Waals surface area (Å²) in [5.74, 6) is 0.688. The molecule has 0 fully saturated rings. The van der Waals surface area contributed by atoms with E-state index in [1.807, 2.05) is 12.1 Å². The molecule has 0 aliphatic rings. The molecule has 2 nitrogen and oxygen atoms in total. The van der Waals surface area contributed by atoms with Gasteiger partial charge in [0.15, 0.2) is 5.75 Å². The van der Waals surface area contributed by atoms with E-state index in [0.717, 1.165) is 6.42 Å². The lowest BCUT2D eigenvalue weighted by molar-refractivity contribution is 0.525. The summed E-state index contributed by atoms with van der Waals surface area (Å²) in [5, 5.41) is 0. The Morgan fingerprint density at radius 1 is 0.895 bits per heavy atom. The highest BCUT2D eigenvalue weighted by Gasteiger charge is 1.99. The predicted octanol–water partition coefficient (Wildman–Crippen LogP) is 5.69. The van der Waals surface area contributed by atoms with Crippen molar-refractivity contribution in [2.45, 2.75) is 64.7 Å². The molecule has 106 valence electrons. The van der Waals surface area contributed by atoms with Gasteiger partial charge in [-0.1, -0.05) is 64.0 Å². The van der Waals surface area contributed by atoms with E-state index in [1.165, 1.54) is 56.9 Å². The third kappa shape index (κ3) is 8.00. The van der Waals surface area contributed by atoms with Crippen LogP contribution in [0.2, 0.25) is 0 Å². The zero-order chi connectivity index (χ0) is 13.8. The molecule has 3 heteroatoms. The van der Waals surface area contributed by atoms with Crippen molar-refractivity contribution in [3.63, 3.8) is 0 Å². The smallest absolute Gasteiger partial charge is 0.256 e. The van der Waals surface area contributed by atoms with Gasteiger partial charge in [0, 0.05) is 0 Å². The second kappa shape index (κ2) is 11.0. The Bertz CT molecular complexity index is 335. The quantitative estimate of drug-likeness (QED) is 0.385. The first-order valence-corrected chi connectivity index (χ1v) is 8.31. The molecule has 0 N–H and O–H groups in total. The molecular formula is C16H26O2P+. The van der Waals surface area contributed by atoms with Gasteiger partial charge in [-0.2, -0.15) is 0 Å². The largest absolute Gasteiger partial charge is 0.542 e. The number of benzene rings is 1. The minimum Gasteiger partial charge on any atom is -0.256 e. The van der Waals surface area contributed by atoms with Crippen LogP contribution in [-0.2, 0) is 11.0 Å². The van der Waals surface area contributed by atoms with E-state index >= 15 is 0 Å². The first-order chi connectivity index (χ1) is 9.36. The maximum atomic E-state index is 10.3. The molecule has 19 heavy (non-hydrogen) atoms. The van der Waals surface area contributed by atoms with Gasteiger partial charge in [0.2, 0.25) is 0 Å². The third-order valence-electron chi connectivity index (χ3n) is 3.40. The molecule has 0 amide bonds. The van der Waals surface area contributed by atoms with E-state index in [4.69, 9.17) is 4.52 Å². The van der Waals surface area contributed by atoms with Crippen molar-refractivity contribution in [1.29, 1.82) is 0 Å². The molecule has 0 aliphatic carbocycles. The van der Waals surface area contributed by atoms with Crippen molar-refractivity contribution in [1.82, 2.24) is 0 Å². The SMILES string of the molecule is CCCCCCCCCCc1ccc(O[PH+]=O)cc1. The highest BCUT2D eigenvalue weighted by molar-refractivity contribution is 7.17. The van der Waals surface area contributed by atoms with E-state index in [0.29, 0.717) is 5.75 Å². The van der Waals surface area contributed by atoms with E-state index in [1.54, 1.807) is 0 Å². The second-order valence-electron chi connectivity index (χ2n) is 5.05. The van der Waals surface area contributed by atoms with Crippen LogP contribution in [0.15, 0.2) is 24.3 Å². The predicted molar refractivity (Wildman–Crippen MR) is 82.4 cm³/mol. The molecule has 0 saturated heterocycles. The second-order valence-corrected chi connectivity index (χ2v) is 5.43. The van der Waals surface area contributed by atoms with Gasteiger partial charge < -0.3 is 0 Å². The molecule has 0 aromatic heterocycles. The van der Waals surface area contributed by atoms with Crippen molar-refractivity contribution in [3.8, 4) is 5.75 Å². The van der Waals surface area contributed by atoms with Crippen LogP contribution in [0.1, 0.15) is 63.9 Å². The molecule has 0 heterocycles. The third-order valence-corrected chi connectivity index (χ3v) is 3.72. The Hall–Kier alpha value is -0.880. The lowest BCUT2D eigenvalue weighted by Crippen LogP contribution is -1.86. The zero-order valence-electron chi connectivity index (χ0n) is 12.0. The normalized spacial score (nSPS) is 10.8. The number of rotatable bonds is 11. The zero-order valence-corrected chi connectivity index (χ0v) is 13.0. The van der Waals surface area contributed by atoms with Crippen LogP contribution in [0.5, 0.6) is 5.75 Å². The van der Waals surface area contributed by atoms with Gasteiger partial charge in [-0.15, -0.1) is 0 Å². The summed E-state index contributed by atoms with van der Waals surface area (Å²) in [6.07, 6.45) is 12.0. The fraction of sp³-hybridized carbons (Fsp3) is 0.625. The van der Waals surface area contributed by atoms with Gasteiger partial charge >= 0.3 is 8.69 Å². The molecular weight excluding hydrogens is 255 g/mol. The Labute approximate surface area is 118 Å². The summed E-state index contributed by atoms with van der Waals surface area (Å²) >= 11 is 0. The van der Waals surface area contributed by atoms with Gasteiger partial charge in [-0.05, 0) is 35.1 Å². The summed E-state index contributed by atoms with van der Waals surface area (Å²) in [4.78, 5) is 0. The Morgan fingerprint density at radius 3 is 2.05 bits per heavy atom. The summed E-state index contributed by atoms with van der Waals surface area (Å²) in [6.45, 7) is 2.26. The van der Waals surface area contributed by atoms with Crippen molar-refractivity contribution in [3.05, 3.63) is 29.8 Å². The maximum absolute atomic E-state index is 10.3. The molecule has 1 aromatic rings. The number of hydrogen-bond donors (Lipinski definition) is 0. The molecule has 0 saturated carbocycles. The number of unbranched alkanes of at least 4 members (excludes halogenated alkanes) is 7. The fourth-order valence-electron chi connectivity index (χ4n) is 2.24. The van der Waals surface area contributed by atoms with Crippen LogP contribution < -0.4 is 4.52 Å². The standard InChI is InChI=1S/C16H26O2P/c1-2-3-4-5-6-7-8-9-10-15-11-13-16(14-12-15)18-19-17/h11-14,19H,2-10H2,1H3/q+1. The van der Waals surface area contributed by atoms with Crippen LogP contribution in [0, 0.1) is 0 Å². The molecule has 0 aliphatic heterocycles. The minimum atomic E-state index is -0.718. The van der Waals surface area contributed by atoms with E-state index in [9.17, 15) is 4.57 Å². The van der Waals surface area contributed by atoms with E-state index in [-0.39, 0.29) is 0 Å². The first-order valence-electron chi connectivity index (χ1n) is 7.49. The van der Waals surface area contributed by atoms with Gasteiger partial charge in [-0.3, -0.25) is 4.52 Å². The van der Waals surface area contributed by atoms with Gasteiger partial charge in [0.1, 0.15) is 0 Å². The van der Waals surface area contributed by atoms with Gasteiger partial charge in [0.25, 0.3) is 0 Å². The van der Waals surface area contributed by atoms with Crippen LogP contribution >= 0.6 is 8.69 Å². The van der Waals surface area contributed by atoms with Crippen molar-refractivity contribution >= 4 is 8.69 Å². The molecule has 1 atom stereocenters. The first kappa shape index (κ1) is 16.2. The average Bonchev–Trinajstić information content (AvgIpc) is 2.44. The van der Waals surface area contributed by atoms with E-state index in [2.05, 4.69) is 19.1 Å². The molecule has 0 radical (unpaired) electrons. The maximum Gasteiger partial charge on any atom is 0.542 e. The molecule has 0 bridgehead atoms. The lowest BCUT2D eigenvalue weighted by Gasteiger charge is -2.02. The fourth-order valence-corrected chi connectivity index (χ4v) is 2.47. The number of aryl methyl sites for hydroxylation is 1. The topological polar surface area (TPSA) is 26.3 Å². The summed E-state index contributed by atoms with van der Waals surface area (Å²) in [7, 11) is -0.718. The summed E-state index contributed by atoms with van der Waals surface area (Å²) < 4.78 is 15.3. The summed E-state index contributed by atoms with van der Waals surface area (Å²) in [5.41, 5.74) is 1.34. The summed E-state index contributed by atoms with van der Waals surface area (Å²) in [6, 6.07) is 7.92. The monoisotopic (exact) mass is 281 g/mol. The Morgan fingerprint density at radius 2 is 1.47 bits per heavy atom. The molecule has 1 aromatic carbocycles. The minimum absolute atomic E-state index is 0.688. The van der Waals surface area contributed by atoms with Crippen LogP contribution in [0.4, 0.5) is 0 Å². The van der Waals surface area contributed by atoms with Crippen LogP contribution in [-0.4, -0.2) is 0 Å². The lowest BCUT2D eigenvalue weighted by atomic mass is 10.0. The van der Waals surface area contributed by atoms with Crippen LogP contribution in [0.25, 0.3) is 0 Å². The van der Waals surface area contributed by atoms with Crippen LogP contribution in [0.3, 0.4) is 0 Å². The highest BCUT2D eigenvalue weighted by atomic mass is 31.1. The highest BCUT2D eigenvalue weighted by Crippen LogP contribution is 2.17. The molecule has 0 spiro atoms. The van der Waals surface area contributed by atoms with Crippen molar-refractivity contribution in [2.24, 2.45) is 0 Å².